The summed E-state index contributed by atoms with van der Waals surface area (Å²) < 4.78 is 56.1. The van der Waals surface area contributed by atoms with Crippen LogP contribution in [0.15, 0.2) is 72.9 Å². The van der Waals surface area contributed by atoms with Gasteiger partial charge in [-0.15, -0.1) is 0 Å². The maximum Gasteiger partial charge on any atom is 0.433 e. The summed E-state index contributed by atoms with van der Waals surface area (Å²) in [6.45, 7) is 9.78. The van der Waals surface area contributed by atoms with Crippen LogP contribution < -0.4 is 4.74 Å². The number of pyridine rings is 1. The van der Waals surface area contributed by atoms with Crippen LogP contribution in [0.2, 0.25) is 25.7 Å². The number of hydrogen-bond donors (Lipinski definition) is 1. The second-order valence-corrected chi connectivity index (χ2v) is 17.8. The Balaban J connectivity index is 1.65. The number of aromatic nitrogens is 3. The summed E-state index contributed by atoms with van der Waals surface area (Å²) in [4.78, 5) is 20.3. The third-order valence-corrected chi connectivity index (χ3v) is 8.55. The van der Waals surface area contributed by atoms with E-state index in [4.69, 9.17) is 9.47 Å². The first-order chi connectivity index (χ1) is 20.2. The van der Waals surface area contributed by atoms with Crippen molar-refractivity contribution >= 4 is 14.0 Å². The number of nitrogens with zero attached hydrogens (tertiary/aromatic N) is 3. The maximum absolute atomic E-state index is 14.5. The van der Waals surface area contributed by atoms with Crippen LogP contribution in [0, 0.1) is 5.41 Å². The molecule has 0 aliphatic heterocycles. The molecule has 0 fully saturated rings. The Hall–Kier alpha value is -3.96. The number of aliphatic carboxylic acids is 1. The molecule has 4 aromatic rings. The van der Waals surface area contributed by atoms with Crippen molar-refractivity contribution in [2.24, 2.45) is 5.41 Å². The van der Waals surface area contributed by atoms with Gasteiger partial charge in [0.05, 0.1) is 11.1 Å². The third kappa shape index (κ3) is 8.11. The number of rotatable bonds is 12. The number of carbonyl (C=O) groups is 1. The van der Waals surface area contributed by atoms with Crippen molar-refractivity contribution in [1.29, 1.82) is 0 Å². The van der Waals surface area contributed by atoms with Gasteiger partial charge in [-0.2, -0.15) is 13.2 Å². The average Bonchev–Trinajstić information content (AvgIpc) is 3.35. The van der Waals surface area contributed by atoms with E-state index in [1.54, 1.807) is 80.6 Å². The van der Waals surface area contributed by atoms with Crippen LogP contribution in [0.4, 0.5) is 13.2 Å². The molecule has 0 aliphatic rings. The Morgan fingerprint density at radius 1 is 0.930 bits per heavy atom. The molecule has 0 saturated carbocycles. The molecular weight excluding hydrogens is 575 g/mol. The van der Waals surface area contributed by atoms with Crippen LogP contribution in [0.1, 0.15) is 19.5 Å². The first kappa shape index (κ1) is 32.0. The summed E-state index contributed by atoms with van der Waals surface area (Å²) in [5.41, 5.74) is 0.0695. The van der Waals surface area contributed by atoms with Crippen LogP contribution >= 0.6 is 0 Å². The van der Waals surface area contributed by atoms with E-state index < -0.39 is 31.3 Å². The second-order valence-electron chi connectivity index (χ2n) is 12.2. The van der Waals surface area contributed by atoms with Gasteiger partial charge in [0.25, 0.3) is 0 Å². The number of halogens is 3. The van der Waals surface area contributed by atoms with Crippen molar-refractivity contribution in [2.75, 3.05) is 13.2 Å². The third-order valence-electron chi connectivity index (χ3n) is 6.85. The quantitative estimate of drug-likeness (QED) is 0.129. The van der Waals surface area contributed by atoms with Gasteiger partial charge in [0.1, 0.15) is 30.6 Å². The zero-order valence-corrected chi connectivity index (χ0v) is 25.9. The number of carboxylic acid groups (broad SMARTS) is 1. The molecule has 0 spiro atoms. The Labute approximate surface area is 250 Å². The molecule has 0 atom stereocenters. The number of carboxylic acids is 1. The van der Waals surface area contributed by atoms with Crippen LogP contribution in [0.5, 0.6) is 5.75 Å². The summed E-state index contributed by atoms with van der Waals surface area (Å²) >= 11 is 0. The Kier molecular flexibility index (Phi) is 9.46. The molecule has 2 aromatic carbocycles. The van der Waals surface area contributed by atoms with Crippen molar-refractivity contribution < 1.29 is 32.5 Å². The molecule has 0 aliphatic carbocycles. The summed E-state index contributed by atoms with van der Waals surface area (Å²) in [5, 5.41) is 9.28. The normalized spacial score (nSPS) is 12.4. The molecule has 7 nitrogen and oxygen atoms in total. The highest BCUT2D eigenvalue weighted by Crippen LogP contribution is 2.40. The van der Waals surface area contributed by atoms with E-state index in [-0.39, 0.29) is 24.9 Å². The van der Waals surface area contributed by atoms with E-state index in [0.29, 0.717) is 29.2 Å². The lowest BCUT2D eigenvalue weighted by Crippen LogP contribution is -2.30. The average molecular weight is 612 g/mol. The second kappa shape index (κ2) is 12.7. The van der Waals surface area contributed by atoms with Crippen molar-refractivity contribution in [3.63, 3.8) is 0 Å². The van der Waals surface area contributed by atoms with Crippen molar-refractivity contribution in [2.45, 2.75) is 52.4 Å². The van der Waals surface area contributed by atoms with Gasteiger partial charge in [-0.05, 0) is 56.3 Å². The number of alkyl halides is 3. The zero-order valence-electron chi connectivity index (χ0n) is 24.9. The molecule has 1 N–H and O–H groups in total. The standard InChI is InChI=1S/C32H36F3N3O4Si/c1-31(2,30(39)40)20-42-25-14-11-22(12-15-25)26-16-13-24(19-36-26)29-37-27(23-9-7-6-8-10-23)28(32(33,34)35)38(29)21-41-17-18-43(3,4)5/h6-16,19H,17-18,20-21H2,1-5H3,(H,39,40). The summed E-state index contributed by atoms with van der Waals surface area (Å²) in [6.07, 6.45) is -3.17. The van der Waals surface area contributed by atoms with Crippen LogP contribution in [-0.4, -0.2) is 46.9 Å². The minimum Gasteiger partial charge on any atom is -0.492 e. The molecule has 0 radical (unpaired) electrons. The lowest BCUT2D eigenvalue weighted by Gasteiger charge is -2.19. The maximum atomic E-state index is 14.5. The largest absolute Gasteiger partial charge is 0.492 e. The zero-order chi connectivity index (χ0) is 31.4. The minimum absolute atomic E-state index is 0.00795. The molecule has 0 unspecified atom stereocenters. The molecule has 228 valence electrons. The lowest BCUT2D eigenvalue weighted by molar-refractivity contribution is -0.148. The molecule has 4 rings (SSSR count). The van der Waals surface area contributed by atoms with Crippen LogP contribution in [0.3, 0.4) is 0 Å². The number of ether oxygens (including phenoxy) is 2. The molecular formula is C32H36F3N3O4Si. The van der Waals surface area contributed by atoms with Crippen LogP contribution in [0.25, 0.3) is 33.9 Å². The van der Waals surface area contributed by atoms with Gasteiger partial charge >= 0.3 is 12.1 Å². The van der Waals surface area contributed by atoms with E-state index >= 15 is 0 Å². The summed E-state index contributed by atoms with van der Waals surface area (Å²) in [6, 6.07) is 19.6. The molecule has 43 heavy (non-hydrogen) atoms. The predicted molar refractivity (Wildman–Crippen MR) is 162 cm³/mol. The summed E-state index contributed by atoms with van der Waals surface area (Å²) in [7, 11) is -1.44. The fourth-order valence-corrected chi connectivity index (χ4v) is 4.92. The number of imidazole rings is 1. The molecule has 0 saturated heterocycles. The fourth-order valence-electron chi connectivity index (χ4n) is 4.16. The molecule has 2 heterocycles. The molecule has 0 amide bonds. The van der Waals surface area contributed by atoms with Crippen molar-refractivity contribution in [1.82, 2.24) is 14.5 Å². The van der Waals surface area contributed by atoms with Gasteiger partial charge in [-0.25, -0.2) is 4.98 Å². The smallest absolute Gasteiger partial charge is 0.433 e. The highest BCUT2D eigenvalue weighted by atomic mass is 28.3. The highest BCUT2D eigenvalue weighted by Gasteiger charge is 2.40. The SMILES string of the molecule is CC(C)(COc1ccc(-c2ccc(-c3nc(-c4ccccc4)c(C(F)(F)F)n3COCC[Si](C)(C)C)cn2)cc1)C(=O)O. The van der Waals surface area contributed by atoms with Crippen LogP contribution in [-0.2, 0) is 22.4 Å². The van der Waals surface area contributed by atoms with E-state index in [9.17, 15) is 23.1 Å². The highest BCUT2D eigenvalue weighted by molar-refractivity contribution is 6.76. The van der Waals surface area contributed by atoms with E-state index in [2.05, 4.69) is 29.6 Å². The van der Waals surface area contributed by atoms with Gasteiger partial charge in [-0.1, -0.05) is 50.0 Å². The summed E-state index contributed by atoms with van der Waals surface area (Å²) in [5.74, 6) is -0.326. The van der Waals surface area contributed by atoms with Gasteiger partial charge < -0.3 is 14.6 Å². The first-order valence-corrected chi connectivity index (χ1v) is 17.6. The van der Waals surface area contributed by atoms with E-state index in [1.807, 2.05) is 0 Å². The Bertz CT molecular complexity index is 1530. The number of benzene rings is 2. The predicted octanol–water partition coefficient (Wildman–Crippen LogP) is 8.10. The van der Waals surface area contributed by atoms with E-state index in [1.165, 1.54) is 6.20 Å². The minimum atomic E-state index is -4.67. The van der Waals surface area contributed by atoms with Gasteiger partial charge in [0, 0.05) is 37.6 Å². The van der Waals surface area contributed by atoms with Gasteiger partial charge in [0.15, 0.2) is 5.69 Å². The van der Waals surface area contributed by atoms with Gasteiger partial charge in [0.2, 0.25) is 0 Å². The van der Waals surface area contributed by atoms with Gasteiger partial charge in [-0.3, -0.25) is 14.3 Å². The molecule has 11 heteroatoms. The van der Waals surface area contributed by atoms with E-state index in [0.717, 1.165) is 16.2 Å². The Morgan fingerprint density at radius 3 is 2.14 bits per heavy atom. The van der Waals surface area contributed by atoms with Crippen molar-refractivity contribution in [3.05, 3.63) is 78.6 Å². The lowest BCUT2D eigenvalue weighted by atomic mass is 9.95. The monoisotopic (exact) mass is 611 g/mol. The van der Waals surface area contributed by atoms with Crippen molar-refractivity contribution in [3.8, 4) is 39.7 Å². The Morgan fingerprint density at radius 2 is 1.58 bits per heavy atom. The molecule has 2 aromatic heterocycles. The topological polar surface area (TPSA) is 86.5 Å². The number of hydrogen-bond acceptors (Lipinski definition) is 5. The molecule has 0 bridgehead atoms. The fraction of sp³-hybridized carbons (Fsp3) is 0.344. The first-order valence-electron chi connectivity index (χ1n) is 13.9.